The second kappa shape index (κ2) is 5.79. The van der Waals surface area contributed by atoms with Crippen molar-refractivity contribution in [1.82, 2.24) is 4.90 Å². The molecule has 22 heavy (non-hydrogen) atoms. The van der Waals surface area contributed by atoms with Crippen molar-refractivity contribution in [3.63, 3.8) is 0 Å². The van der Waals surface area contributed by atoms with Crippen molar-refractivity contribution >= 4 is 12.1 Å². The summed E-state index contributed by atoms with van der Waals surface area (Å²) in [5.74, 6) is -0.460. The van der Waals surface area contributed by atoms with E-state index in [9.17, 15) is 14.9 Å². The predicted molar refractivity (Wildman–Crippen MR) is 78.8 cm³/mol. The first-order chi connectivity index (χ1) is 10.2. The fraction of sp³-hybridized carbons (Fsp3) is 0.812. The van der Waals surface area contributed by atoms with Crippen LogP contribution >= 0.6 is 0 Å². The Morgan fingerprint density at radius 3 is 2.23 bits per heavy atom. The summed E-state index contributed by atoms with van der Waals surface area (Å²) in [7, 11) is 0. The van der Waals surface area contributed by atoms with Gasteiger partial charge < -0.3 is 14.4 Å². The van der Waals surface area contributed by atoms with Crippen molar-refractivity contribution in [2.45, 2.75) is 71.1 Å². The fourth-order valence-electron chi connectivity index (χ4n) is 3.44. The Kier molecular flexibility index (Phi) is 4.37. The number of hydrogen-bond donors (Lipinski definition) is 0. The monoisotopic (exact) mass is 308 g/mol. The molecule has 6 heteroatoms. The van der Waals surface area contributed by atoms with Crippen molar-refractivity contribution < 1.29 is 19.1 Å². The largest absolute Gasteiger partial charge is 0.465 e. The van der Waals surface area contributed by atoms with Crippen LogP contribution in [0.4, 0.5) is 4.79 Å². The Hall–Kier alpha value is -1.77. The third kappa shape index (κ3) is 3.03. The number of hydrogen-bond acceptors (Lipinski definition) is 5. The molecular weight excluding hydrogens is 284 g/mol. The smallest absolute Gasteiger partial charge is 0.410 e. The summed E-state index contributed by atoms with van der Waals surface area (Å²) >= 11 is 0. The lowest BCUT2D eigenvalue weighted by Gasteiger charge is -2.41. The summed E-state index contributed by atoms with van der Waals surface area (Å²) in [4.78, 5) is 26.3. The Balaban J connectivity index is 2.16. The zero-order valence-corrected chi connectivity index (χ0v) is 13.7. The molecule has 0 radical (unpaired) electrons. The lowest BCUT2D eigenvalue weighted by Crippen LogP contribution is -2.53. The van der Waals surface area contributed by atoms with Crippen LogP contribution < -0.4 is 0 Å². The van der Waals surface area contributed by atoms with E-state index in [1.807, 2.05) is 20.8 Å². The molecule has 2 bridgehead atoms. The van der Waals surface area contributed by atoms with Crippen LogP contribution in [0.3, 0.4) is 0 Å². The van der Waals surface area contributed by atoms with E-state index in [-0.39, 0.29) is 24.8 Å². The van der Waals surface area contributed by atoms with Crippen LogP contribution in [-0.2, 0) is 14.3 Å². The van der Waals surface area contributed by atoms with Crippen molar-refractivity contribution in [2.75, 3.05) is 6.61 Å². The van der Waals surface area contributed by atoms with E-state index in [0.717, 1.165) is 12.8 Å². The quantitative estimate of drug-likeness (QED) is 0.733. The maximum atomic E-state index is 12.4. The van der Waals surface area contributed by atoms with Gasteiger partial charge in [0, 0.05) is 12.1 Å². The number of piperidine rings is 1. The van der Waals surface area contributed by atoms with E-state index in [0.29, 0.717) is 12.8 Å². The van der Waals surface area contributed by atoms with E-state index in [1.165, 1.54) is 0 Å². The standard InChI is InChI=1S/C16H24N2O4/c1-5-21-13(19)16(10-17)8-11-6-7-12(9-16)18(11)14(20)22-15(2,3)4/h11-12H,5-9H2,1-4H3/t11-,12+,16?. The molecule has 2 aliphatic rings. The average molecular weight is 308 g/mol. The lowest BCUT2D eigenvalue weighted by atomic mass is 9.76. The highest BCUT2D eigenvalue weighted by Crippen LogP contribution is 2.46. The molecule has 0 saturated carbocycles. The van der Waals surface area contributed by atoms with Gasteiger partial charge in [-0.15, -0.1) is 0 Å². The van der Waals surface area contributed by atoms with Gasteiger partial charge in [0.15, 0.2) is 5.41 Å². The number of amides is 1. The van der Waals surface area contributed by atoms with Gasteiger partial charge in [-0.05, 0) is 53.4 Å². The fourth-order valence-corrected chi connectivity index (χ4v) is 3.44. The van der Waals surface area contributed by atoms with Crippen molar-refractivity contribution in [3.8, 4) is 6.07 Å². The average Bonchev–Trinajstić information content (AvgIpc) is 2.69. The predicted octanol–water partition coefficient (Wildman–Crippen LogP) is 2.62. The molecule has 2 aliphatic heterocycles. The van der Waals surface area contributed by atoms with Gasteiger partial charge in [0.2, 0.25) is 0 Å². The third-order valence-corrected chi connectivity index (χ3v) is 4.27. The Bertz CT molecular complexity index is 489. The van der Waals surface area contributed by atoms with Gasteiger partial charge in [0.05, 0.1) is 12.7 Å². The number of carbonyl (C=O) groups is 2. The highest BCUT2D eigenvalue weighted by atomic mass is 16.6. The molecule has 2 saturated heterocycles. The molecule has 0 aliphatic carbocycles. The minimum Gasteiger partial charge on any atom is -0.465 e. The van der Waals surface area contributed by atoms with Gasteiger partial charge in [0.25, 0.3) is 0 Å². The molecular formula is C16H24N2O4. The normalized spacial score (nSPS) is 30.6. The van der Waals surface area contributed by atoms with Gasteiger partial charge >= 0.3 is 12.1 Å². The van der Waals surface area contributed by atoms with Gasteiger partial charge in [-0.1, -0.05) is 0 Å². The lowest BCUT2D eigenvalue weighted by molar-refractivity contribution is -0.155. The molecule has 0 N–H and O–H groups in total. The third-order valence-electron chi connectivity index (χ3n) is 4.27. The van der Waals surface area contributed by atoms with E-state index < -0.39 is 17.0 Å². The molecule has 1 amide bonds. The number of carbonyl (C=O) groups excluding carboxylic acids is 2. The highest BCUT2D eigenvalue weighted by molar-refractivity contribution is 5.81. The minimum atomic E-state index is -1.12. The Morgan fingerprint density at radius 2 is 1.82 bits per heavy atom. The van der Waals surface area contributed by atoms with Crippen LogP contribution in [0.25, 0.3) is 0 Å². The molecule has 0 spiro atoms. The van der Waals surface area contributed by atoms with Gasteiger partial charge in [-0.3, -0.25) is 4.79 Å². The first-order valence-corrected chi connectivity index (χ1v) is 7.82. The molecule has 1 unspecified atom stereocenters. The molecule has 3 atom stereocenters. The number of ether oxygens (including phenoxy) is 2. The molecule has 2 heterocycles. The van der Waals surface area contributed by atoms with Crippen molar-refractivity contribution in [2.24, 2.45) is 5.41 Å². The van der Waals surface area contributed by atoms with E-state index in [4.69, 9.17) is 9.47 Å². The minimum absolute atomic E-state index is 0.127. The maximum Gasteiger partial charge on any atom is 0.410 e. The maximum absolute atomic E-state index is 12.4. The molecule has 0 aromatic rings. The number of rotatable bonds is 2. The topological polar surface area (TPSA) is 79.6 Å². The van der Waals surface area contributed by atoms with Crippen LogP contribution in [0.1, 0.15) is 53.4 Å². The van der Waals surface area contributed by atoms with E-state index in [2.05, 4.69) is 6.07 Å². The van der Waals surface area contributed by atoms with Crippen LogP contribution in [0.5, 0.6) is 0 Å². The van der Waals surface area contributed by atoms with Crippen LogP contribution in [-0.4, -0.2) is 41.3 Å². The zero-order valence-electron chi connectivity index (χ0n) is 13.7. The molecule has 0 aromatic carbocycles. The van der Waals surface area contributed by atoms with Gasteiger partial charge in [-0.25, -0.2) is 4.79 Å². The molecule has 122 valence electrons. The second-order valence-corrected chi connectivity index (χ2v) is 7.10. The number of nitriles is 1. The summed E-state index contributed by atoms with van der Waals surface area (Å²) in [5, 5.41) is 9.53. The van der Waals surface area contributed by atoms with E-state index in [1.54, 1.807) is 11.8 Å². The van der Waals surface area contributed by atoms with Crippen molar-refractivity contribution in [1.29, 1.82) is 5.26 Å². The van der Waals surface area contributed by atoms with Crippen LogP contribution in [0.15, 0.2) is 0 Å². The van der Waals surface area contributed by atoms with E-state index >= 15 is 0 Å². The first-order valence-electron chi connectivity index (χ1n) is 7.82. The summed E-state index contributed by atoms with van der Waals surface area (Å²) in [6.07, 6.45) is 1.91. The second-order valence-electron chi connectivity index (χ2n) is 7.10. The molecule has 2 rings (SSSR count). The molecule has 6 nitrogen and oxygen atoms in total. The Morgan fingerprint density at radius 1 is 1.27 bits per heavy atom. The summed E-state index contributed by atoms with van der Waals surface area (Å²) in [5.41, 5.74) is -1.68. The van der Waals surface area contributed by atoms with Crippen molar-refractivity contribution in [3.05, 3.63) is 0 Å². The molecule has 0 aromatic heterocycles. The molecule has 2 fully saturated rings. The van der Waals surface area contributed by atoms with Gasteiger partial charge in [-0.2, -0.15) is 5.26 Å². The summed E-state index contributed by atoms with van der Waals surface area (Å²) in [6.45, 7) is 7.47. The number of nitrogens with zero attached hydrogens (tertiary/aromatic N) is 2. The summed E-state index contributed by atoms with van der Waals surface area (Å²) in [6, 6.07) is 1.90. The zero-order chi connectivity index (χ0) is 16.5. The Labute approximate surface area is 131 Å². The van der Waals surface area contributed by atoms with Crippen LogP contribution in [0, 0.1) is 16.7 Å². The first kappa shape index (κ1) is 16.6. The van der Waals surface area contributed by atoms with Gasteiger partial charge in [0.1, 0.15) is 5.60 Å². The highest BCUT2D eigenvalue weighted by Gasteiger charge is 2.55. The SMILES string of the molecule is CCOC(=O)C1(C#N)C[C@H]2CC[C@@H](C1)N2C(=O)OC(C)(C)C. The number of esters is 1. The summed E-state index contributed by atoms with van der Waals surface area (Å²) < 4.78 is 10.5. The van der Waals surface area contributed by atoms with Crippen LogP contribution in [0.2, 0.25) is 0 Å². The number of fused-ring (bicyclic) bond motifs is 2.